The molecule has 0 amide bonds. The lowest BCUT2D eigenvalue weighted by atomic mass is 10.7. The molecule has 2 N–H and O–H groups in total. The van der Waals surface area contributed by atoms with E-state index in [2.05, 4.69) is 9.46 Å². The Kier molecular flexibility index (Phi) is 5.62. The summed E-state index contributed by atoms with van der Waals surface area (Å²) in [7, 11) is -1.30. The molecule has 0 radical (unpaired) electrons. The lowest BCUT2D eigenvalue weighted by Gasteiger charge is -2.15. The van der Waals surface area contributed by atoms with Crippen LogP contribution >= 0.6 is 0 Å². The summed E-state index contributed by atoms with van der Waals surface area (Å²) in [6.45, 7) is -0.754. The molecular formula is C6H14N2O5S. The Labute approximate surface area is 82.8 Å². The minimum absolute atomic E-state index is 0.0894. The summed E-state index contributed by atoms with van der Waals surface area (Å²) in [5.74, 6) is -0.651. The van der Waals surface area contributed by atoms with E-state index in [1.807, 2.05) is 0 Å². The first-order valence-electron chi connectivity index (χ1n) is 3.82. The van der Waals surface area contributed by atoms with Gasteiger partial charge in [-0.05, 0) is 0 Å². The Morgan fingerprint density at radius 3 is 2.57 bits per heavy atom. The van der Waals surface area contributed by atoms with Gasteiger partial charge >= 0.3 is 5.97 Å². The van der Waals surface area contributed by atoms with Crippen molar-refractivity contribution < 1.29 is 23.1 Å². The van der Waals surface area contributed by atoms with E-state index >= 15 is 0 Å². The van der Waals surface area contributed by atoms with Gasteiger partial charge in [0.1, 0.15) is 6.54 Å². The summed E-state index contributed by atoms with van der Waals surface area (Å²) in [6.07, 6.45) is 0. The van der Waals surface area contributed by atoms with Gasteiger partial charge in [-0.3, -0.25) is 4.79 Å². The standard InChI is InChI=1S/C6H14N2O5S/c1-8(5-6(10)13-2)14(11,12)7-3-4-9/h7,9H,3-5H2,1-2H3. The third-order valence-electron chi connectivity index (χ3n) is 1.39. The van der Waals surface area contributed by atoms with Gasteiger partial charge in [0, 0.05) is 13.6 Å². The topological polar surface area (TPSA) is 95.9 Å². The molecule has 84 valence electrons. The van der Waals surface area contributed by atoms with Crippen LogP contribution in [0.1, 0.15) is 0 Å². The Hall–Kier alpha value is -0.700. The number of rotatable bonds is 6. The zero-order chi connectivity index (χ0) is 11.2. The van der Waals surface area contributed by atoms with Crippen molar-refractivity contribution in [3.05, 3.63) is 0 Å². The average molecular weight is 226 g/mol. The molecule has 0 bridgehead atoms. The molecule has 0 atom stereocenters. The van der Waals surface area contributed by atoms with E-state index in [9.17, 15) is 13.2 Å². The monoisotopic (exact) mass is 226 g/mol. The number of carbonyl (C=O) groups excluding carboxylic acids is 1. The molecule has 0 aromatic heterocycles. The number of aliphatic hydroxyl groups is 1. The van der Waals surface area contributed by atoms with Gasteiger partial charge in [-0.15, -0.1) is 0 Å². The minimum atomic E-state index is -3.71. The second-order valence-corrected chi connectivity index (χ2v) is 4.32. The van der Waals surface area contributed by atoms with Gasteiger partial charge in [0.2, 0.25) is 0 Å². The molecule has 8 heteroatoms. The summed E-state index contributed by atoms with van der Waals surface area (Å²) in [5, 5.41) is 8.40. The molecule has 7 nitrogen and oxygen atoms in total. The number of ether oxygens (including phenoxy) is 1. The number of methoxy groups -OCH3 is 1. The van der Waals surface area contributed by atoms with Crippen LogP contribution in [0, 0.1) is 0 Å². The number of aliphatic hydroxyl groups excluding tert-OH is 1. The Morgan fingerprint density at radius 2 is 2.14 bits per heavy atom. The predicted molar refractivity (Wildman–Crippen MR) is 48.7 cm³/mol. The molecule has 0 aromatic rings. The van der Waals surface area contributed by atoms with Gasteiger partial charge in [0.05, 0.1) is 13.7 Å². The minimum Gasteiger partial charge on any atom is -0.468 e. The molecular weight excluding hydrogens is 212 g/mol. The van der Waals surface area contributed by atoms with Gasteiger partial charge in [0.15, 0.2) is 0 Å². The normalized spacial score (nSPS) is 11.7. The van der Waals surface area contributed by atoms with Crippen molar-refractivity contribution in [3.63, 3.8) is 0 Å². The number of hydrogen-bond acceptors (Lipinski definition) is 5. The van der Waals surface area contributed by atoms with E-state index < -0.39 is 16.2 Å². The van der Waals surface area contributed by atoms with Gasteiger partial charge < -0.3 is 9.84 Å². The Bertz CT molecular complexity index is 276. The fraction of sp³-hybridized carbons (Fsp3) is 0.833. The van der Waals surface area contributed by atoms with Crippen LogP contribution in [0.25, 0.3) is 0 Å². The Balaban J connectivity index is 4.21. The lowest BCUT2D eigenvalue weighted by Crippen LogP contribution is -2.42. The first kappa shape index (κ1) is 13.3. The highest BCUT2D eigenvalue weighted by Gasteiger charge is 2.19. The quantitative estimate of drug-likeness (QED) is 0.507. The van der Waals surface area contributed by atoms with Crippen molar-refractivity contribution in [2.75, 3.05) is 33.9 Å². The lowest BCUT2D eigenvalue weighted by molar-refractivity contribution is -0.140. The summed E-state index contributed by atoms with van der Waals surface area (Å²) in [6, 6.07) is 0. The fourth-order valence-electron chi connectivity index (χ4n) is 0.616. The number of nitrogens with zero attached hydrogens (tertiary/aromatic N) is 1. The molecule has 0 aliphatic rings. The van der Waals surface area contributed by atoms with Crippen molar-refractivity contribution in [2.45, 2.75) is 0 Å². The third kappa shape index (κ3) is 4.51. The zero-order valence-corrected chi connectivity index (χ0v) is 8.87. The van der Waals surface area contributed by atoms with Crippen LogP contribution in [0.15, 0.2) is 0 Å². The SMILES string of the molecule is COC(=O)CN(C)S(=O)(=O)NCCO. The maximum absolute atomic E-state index is 11.2. The number of nitrogens with one attached hydrogen (secondary N) is 1. The molecule has 0 aliphatic heterocycles. The predicted octanol–water partition coefficient (Wildman–Crippen LogP) is -2.08. The largest absolute Gasteiger partial charge is 0.468 e. The van der Waals surface area contributed by atoms with Crippen LogP contribution in [0.4, 0.5) is 0 Å². The molecule has 0 fully saturated rings. The van der Waals surface area contributed by atoms with Crippen LogP contribution in [-0.4, -0.2) is 57.7 Å². The van der Waals surface area contributed by atoms with Crippen LogP contribution < -0.4 is 4.72 Å². The van der Waals surface area contributed by atoms with E-state index in [0.29, 0.717) is 0 Å². The van der Waals surface area contributed by atoms with Crippen molar-refractivity contribution in [2.24, 2.45) is 0 Å². The molecule has 0 saturated heterocycles. The van der Waals surface area contributed by atoms with Crippen molar-refractivity contribution in [1.29, 1.82) is 0 Å². The van der Waals surface area contributed by atoms with Crippen molar-refractivity contribution in [3.8, 4) is 0 Å². The average Bonchev–Trinajstić information content (AvgIpc) is 2.14. The van der Waals surface area contributed by atoms with E-state index in [1.165, 1.54) is 14.2 Å². The maximum Gasteiger partial charge on any atom is 0.321 e. The Morgan fingerprint density at radius 1 is 1.57 bits per heavy atom. The van der Waals surface area contributed by atoms with Crippen LogP contribution in [0.3, 0.4) is 0 Å². The zero-order valence-electron chi connectivity index (χ0n) is 8.06. The van der Waals surface area contributed by atoms with Crippen LogP contribution in [-0.2, 0) is 19.7 Å². The van der Waals surface area contributed by atoms with Gasteiger partial charge in [0.25, 0.3) is 10.2 Å². The summed E-state index contributed by atoms with van der Waals surface area (Å²) in [4.78, 5) is 10.7. The fourth-order valence-corrected chi connectivity index (χ4v) is 1.46. The summed E-state index contributed by atoms with van der Waals surface area (Å²) >= 11 is 0. The second-order valence-electron chi connectivity index (χ2n) is 2.46. The van der Waals surface area contributed by atoms with E-state index in [1.54, 1.807) is 0 Å². The third-order valence-corrected chi connectivity index (χ3v) is 2.90. The molecule has 0 unspecified atom stereocenters. The summed E-state index contributed by atoms with van der Waals surface area (Å²) in [5.41, 5.74) is 0. The first-order valence-corrected chi connectivity index (χ1v) is 5.26. The highest BCUT2D eigenvalue weighted by Crippen LogP contribution is 1.93. The van der Waals surface area contributed by atoms with Crippen molar-refractivity contribution >= 4 is 16.2 Å². The van der Waals surface area contributed by atoms with Gasteiger partial charge in [-0.25, -0.2) is 0 Å². The van der Waals surface area contributed by atoms with E-state index in [4.69, 9.17) is 5.11 Å². The summed E-state index contributed by atoms with van der Waals surface area (Å²) < 4.78 is 29.7. The van der Waals surface area contributed by atoms with Crippen LogP contribution in [0.5, 0.6) is 0 Å². The molecule has 0 heterocycles. The van der Waals surface area contributed by atoms with E-state index in [-0.39, 0.29) is 19.7 Å². The number of hydrogen-bond donors (Lipinski definition) is 2. The highest BCUT2D eigenvalue weighted by molar-refractivity contribution is 7.87. The highest BCUT2D eigenvalue weighted by atomic mass is 32.2. The number of carbonyl (C=O) groups is 1. The van der Waals surface area contributed by atoms with Gasteiger partial charge in [-0.2, -0.15) is 17.4 Å². The first-order chi connectivity index (χ1) is 6.44. The molecule has 0 rings (SSSR count). The second kappa shape index (κ2) is 5.91. The molecule has 0 saturated carbocycles. The van der Waals surface area contributed by atoms with Crippen LogP contribution in [0.2, 0.25) is 0 Å². The number of esters is 1. The number of likely N-dealkylation sites (N-methyl/N-ethyl adjacent to an activating group) is 1. The maximum atomic E-state index is 11.2. The van der Waals surface area contributed by atoms with E-state index in [0.717, 1.165) is 4.31 Å². The molecule has 0 aromatic carbocycles. The van der Waals surface area contributed by atoms with Crippen molar-refractivity contribution in [1.82, 2.24) is 9.03 Å². The molecule has 0 spiro atoms. The molecule has 0 aliphatic carbocycles. The van der Waals surface area contributed by atoms with Gasteiger partial charge in [-0.1, -0.05) is 0 Å². The molecule has 14 heavy (non-hydrogen) atoms. The smallest absolute Gasteiger partial charge is 0.321 e.